The normalized spacial score (nSPS) is 24.0. The molecule has 1 aromatic carbocycles. The molecule has 0 aromatic heterocycles. The van der Waals surface area contributed by atoms with E-state index in [0.717, 1.165) is 19.4 Å². The summed E-state index contributed by atoms with van der Waals surface area (Å²) in [6.07, 6.45) is 2.00. The largest absolute Gasteiger partial charge is 0.508 e. The van der Waals surface area contributed by atoms with Gasteiger partial charge in [0.15, 0.2) is 0 Å². The van der Waals surface area contributed by atoms with Crippen LogP contribution >= 0.6 is 0 Å². The first kappa shape index (κ1) is 12.7. The van der Waals surface area contributed by atoms with Crippen molar-refractivity contribution in [3.05, 3.63) is 23.8 Å². The van der Waals surface area contributed by atoms with Crippen LogP contribution in [0.3, 0.4) is 0 Å². The molecule has 18 heavy (non-hydrogen) atoms. The maximum atomic E-state index is 12.3. The predicted octanol–water partition coefficient (Wildman–Crippen LogP) is 2.36. The summed E-state index contributed by atoms with van der Waals surface area (Å²) in [5.41, 5.74) is 0.342. The van der Waals surface area contributed by atoms with E-state index >= 15 is 0 Å². The summed E-state index contributed by atoms with van der Waals surface area (Å²) in [5, 5.41) is 18.8. The molecule has 2 rings (SSSR count). The van der Waals surface area contributed by atoms with Crippen molar-refractivity contribution < 1.29 is 15.0 Å². The topological polar surface area (TPSA) is 60.8 Å². The van der Waals surface area contributed by atoms with E-state index in [0.29, 0.717) is 11.5 Å². The second-order valence-corrected chi connectivity index (χ2v) is 5.22. The van der Waals surface area contributed by atoms with Crippen molar-refractivity contribution in [1.29, 1.82) is 0 Å². The molecular formula is C14H19NO3. The molecule has 1 amide bonds. The highest BCUT2D eigenvalue weighted by Gasteiger charge is 2.27. The Morgan fingerprint density at radius 2 is 1.83 bits per heavy atom. The van der Waals surface area contributed by atoms with Gasteiger partial charge in [0.1, 0.15) is 11.5 Å². The van der Waals surface area contributed by atoms with Crippen LogP contribution < -0.4 is 0 Å². The number of likely N-dealkylation sites (tertiary alicyclic amines) is 1. The minimum absolute atomic E-state index is 0.0867. The van der Waals surface area contributed by atoms with Crippen molar-refractivity contribution in [2.24, 2.45) is 5.92 Å². The lowest BCUT2D eigenvalue weighted by Crippen LogP contribution is -2.44. The van der Waals surface area contributed by atoms with Crippen molar-refractivity contribution in [2.75, 3.05) is 6.54 Å². The molecule has 2 unspecified atom stereocenters. The van der Waals surface area contributed by atoms with Crippen LogP contribution in [0.25, 0.3) is 0 Å². The molecule has 1 fully saturated rings. The molecule has 1 aliphatic heterocycles. The molecule has 1 heterocycles. The van der Waals surface area contributed by atoms with Crippen molar-refractivity contribution >= 4 is 5.91 Å². The molecule has 1 aromatic rings. The van der Waals surface area contributed by atoms with Gasteiger partial charge in [0.25, 0.3) is 5.91 Å². The Morgan fingerprint density at radius 1 is 1.22 bits per heavy atom. The third kappa shape index (κ3) is 2.58. The second-order valence-electron chi connectivity index (χ2n) is 5.22. The number of carbonyl (C=O) groups excluding carboxylic acids is 1. The van der Waals surface area contributed by atoms with E-state index in [9.17, 15) is 15.0 Å². The number of nitrogens with zero attached hydrogens (tertiary/aromatic N) is 1. The minimum Gasteiger partial charge on any atom is -0.508 e. The second kappa shape index (κ2) is 4.88. The first-order valence-electron chi connectivity index (χ1n) is 6.31. The van der Waals surface area contributed by atoms with Gasteiger partial charge in [0, 0.05) is 24.2 Å². The lowest BCUT2D eigenvalue weighted by molar-refractivity contribution is 0.0588. The van der Waals surface area contributed by atoms with E-state index in [-0.39, 0.29) is 23.4 Å². The molecule has 1 aliphatic rings. The van der Waals surface area contributed by atoms with Gasteiger partial charge in [-0.05, 0) is 37.8 Å². The van der Waals surface area contributed by atoms with Crippen LogP contribution in [0.15, 0.2) is 18.2 Å². The summed E-state index contributed by atoms with van der Waals surface area (Å²) in [6.45, 7) is 4.96. The van der Waals surface area contributed by atoms with Crippen molar-refractivity contribution in [3.8, 4) is 11.5 Å². The fourth-order valence-electron chi connectivity index (χ4n) is 2.59. The van der Waals surface area contributed by atoms with Crippen LogP contribution in [0, 0.1) is 5.92 Å². The first-order valence-corrected chi connectivity index (χ1v) is 6.31. The van der Waals surface area contributed by atoms with Crippen LogP contribution in [0.1, 0.15) is 37.0 Å². The van der Waals surface area contributed by atoms with Gasteiger partial charge in [-0.3, -0.25) is 4.79 Å². The quantitative estimate of drug-likeness (QED) is 0.803. The first-order chi connectivity index (χ1) is 8.47. The third-order valence-electron chi connectivity index (χ3n) is 3.55. The number of rotatable bonds is 1. The molecule has 98 valence electrons. The Kier molecular flexibility index (Phi) is 3.45. The molecule has 4 nitrogen and oxygen atoms in total. The SMILES string of the molecule is CC1CCN(C(=O)c2cc(O)cc(O)c2)C(C)C1. The van der Waals surface area contributed by atoms with Crippen molar-refractivity contribution in [2.45, 2.75) is 32.7 Å². The molecule has 1 saturated heterocycles. The molecule has 4 heteroatoms. The molecule has 0 radical (unpaired) electrons. The Labute approximate surface area is 107 Å². The van der Waals surface area contributed by atoms with Gasteiger partial charge in [-0.2, -0.15) is 0 Å². The van der Waals surface area contributed by atoms with Gasteiger partial charge >= 0.3 is 0 Å². The summed E-state index contributed by atoms with van der Waals surface area (Å²) >= 11 is 0. The van der Waals surface area contributed by atoms with Gasteiger partial charge in [0.05, 0.1) is 0 Å². The van der Waals surface area contributed by atoms with Gasteiger partial charge in [0.2, 0.25) is 0 Å². The molecule has 0 aliphatic carbocycles. The highest BCUT2D eigenvalue weighted by atomic mass is 16.3. The number of piperidine rings is 1. The summed E-state index contributed by atoms with van der Waals surface area (Å²) in [4.78, 5) is 14.1. The third-order valence-corrected chi connectivity index (χ3v) is 3.55. The van der Waals surface area contributed by atoms with E-state index in [1.807, 2.05) is 11.8 Å². The standard InChI is InChI=1S/C14H19NO3/c1-9-3-4-15(10(2)5-9)14(18)11-6-12(16)8-13(17)7-11/h6-10,16-17H,3-5H2,1-2H3. The number of aromatic hydroxyl groups is 2. The summed E-state index contributed by atoms with van der Waals surface area (Å²) in [7, 11) is 0. The number of amides is 1. The molecule has 0 bridgehead atoms. The number of phenols is 2. The fraction of sp³-hybridized carbons (Fsp3) is 0.500. The maximum Gasteiger partial charge on any atom is 0.254 e. The Morgan fingerprint density at radius 3 is 2.39 bits per heavy atom. The Balaban J connectivity index is 2.20. The molecular weight excluding hydrogens is 230 g/mol. The highest BCUT2D eigenvalue weighted by Crippen LogP contribution is 2.26. The van der Waals surface area contributed by atoms with Gasteiger partial charge in [-0.1, -0.05) is 6.92 Å². The Hall–Kier alpha value is -1.71. The van der Waals surface area contributed by atoms with Crippen molar-refractivity contribution in [1.82, 2.24) is 4.90 Å². The van der Waals surface area contributed by atoms with Crippen LogP contribution in [0.4, 0.5) is 0 Å². The lowest BCUT2D eigenvalue weighted by Gasteiger charge is -2.36. The van der Waals surface area contributed by atoms with E-state index in [2.05, 4.69) is 6.92 Å². The van der Waals surface area contributed by atoms with Crippen LogP contribution in [0.2, 0.25) is 0 Å². The van der Waals surface area contributed by atoms with Crippen molar-refractivity contribution in [3.63, 3.8) is 0 Å². The number of benzene rings is 1. The van der Waals surface area contributed by atoms with E-state index in [1.165, 1.54) is 18.2 Å². The summed E-state index contributed by atoms with van der Waals surface area (Å²) in [5.74, 6) is 0.343. The van der Waals surface area contributed by atoms with E-state index < -0.39 is 0 Å². The predicted molar refractivity (Wildman–Crippen MR) is 68.7 cm³/mol. The zero-order valence-electron chi connectivity index (χ0n) is 10.8. The minimum atomic E-state index is -0.124. The van der Waals surface area contributed by atoms with Crippen LogP contribution in [-0.2, 0) is 0 Å². The van der Waals surface area contributed by atoms with Crippen LogP contribution in [-0.4, -0.2) is 33.6 Å². The van der Waals surface area contributed by atoms with Gasteiger partial charge < -0.3 is 15.1 Å². The number of hydrogen-bond acceptors (Lipinski definition) is 3. The lowest BCUT2D eigenvalue weighted by atomic mass is 9.93. The number of hydrogen-bond donors (Lipinski definition) is 2. The monoisotopic (exact) mass is 249 g/mol. The van der Waals surface area contributed by atoms with Gasteiger partial charge in [-0.25, -0.2) is 0 Å². The Bertz CT molecular complexity index is 438. The molecule has 0 spiro atoms. The number of phenolic OH excluding ortho intramolecular Hbond substituents is 2. The van der Waals surface area contributed by atoms with E-state index in [1.54, 1.807) is 0 Å². The van der Waals surface area contributed by atoms with Crippen LogP contribution in [0.5, 0.6) is 11.5 Å². The highest BCUT2D eigenvalue weighted by molar-refractivity contribution is 5.95. The molecule has 0 saturated carbocycles. The summed E-state index contributed by atoms with van der Waals surface area (Å²) < 4.78 is 0. The molecule has 2 N–H and O–H groups in total. The zero-order chi connectivity index (χ0) is 13.3. The zero-order valence-corrected chi connectivity index (χ0v) is 10.8. The fourth-order valence-corrected chi connectivity index (χ4v) is 2.59. The maximum absolute atomic E-state index is 12.3. The van der Waals surface area contributed by atoms with E-state index in [4.69, 9.17) is 0 Å². The number of carbonyl (C=O) groups is 1. The molecule has 2 atom stereocenters. The summed E-state index contributed by atoms with van der Waals surface area (Å²) in [6, 6.07) is 4.21. The smallest absolute Gasteiger partial charge is 0.254 e. The van der Waals surface area contributed by atoms with Gasteiger partial charge in [-0.15, -0.1) is 0 Å². The average molecular weight is 249 g/mol. The average Bonchev–Trinajstić information content (AvgIpc) is 2.26.